The normalized spacial score (nSPS) is 10.4. The van der Waals surface area contributed by atoms with Gasteiger partial charge in [0.15, 0.2) is 0 Å². The van der Waals surface area contributed by atoms with Gasteiger partial charge in [-0.1, -0.05) is 52.0 Å². The lowest BCUT2D eigenvalue weighted by atomic mass is 10.2. The Labute approximate surface area is 192 Å². The van der Waals surface area contributed by atoms with Crippen molar-refractivity contribution in [1.29, 1.82) is 0 Å². The molecular formula is C26H37N3O3. The predicted octanol–water partition coefficient (Wildman–Crippen LogP) is 6.22. The Morgan fingerprint density at radius 3 is 2.09 bits per heavy atom. The summed E-state index contributed by atoms with van der Waals surface area (Å²) in [4.78, 5) is 24.3. The highest BCUT2D eigenvalue weighted by Crippen LogP contribution is 2.17. The molecule has 6 heteroatoms. The molecule has 0 unspecified atom stereocenters. The van der Waals surface area contributed by atoms with Crippen molar-refractivity contribution in [2.75, 3.05) is 29.1 Å². The Morgan fingerprint density at radius 1 is 0.750 bits per heavy atom. The minimum Gasteiger partial charge on any atom is -0.494 e. The third-order valence-corrected chi connectivity index (χ3v) is 5.01. The van der Waals surface area contributed by atoms with Crippen molar-refractivity contribution in [2.24, 2.45) is 0 Å². The predicted molar refractivity (Wildman–Crippen MR) is 132 cm³/mol. The molecule has 0 aromatic heterocycles. The topological polar surface area (TPSA) is 79.5 Å². The molecular weight excluding hydrogens is 402 g/mol. The fourth-order valence-corrected chi connectivity index (χ4v) is 3.21. The Hall–Kier alpha value is -3.02. The lowest BCUT2D eigenvalue weighted by molar-refractivity contribution is -0.116. The number of hydrogen-bond acceptors (Lipinski definition) is 4. The molecule has 0 saturated heterocycles. The van der Waals surface area contributed by atoms with Gasteiger partial charge in [0.2, 0.25) is 11.8 Å². The number of nitrogens with one attached hydrogen (secondary N) is 3. The third-order valence-electron chi connectivity index (χ3n) is 5.01. The first-order valence-electron chi connectivity index (χ1n) is 11.8. The summed E-state index contributed by atoms with van der Waals surface area (Å²) in [6.07, 6.45) is 8.25. The molecule has 174 valence electrons. The van der Waals surface area contributed by atoms with Crippen molar-refractivity contribution in [2.45, 2.75) is 65.2 Å². The largest absolute Gasteiger partial charge is 0.494 e. The molecule has 32 heavy (non-hydrogen) atoms. The minimum absolute atomic E-state index is 0.00280. The van der Waals surface area contributed by atoms with Crippen molar-refractivity contribution in [3.8, 4) is 5.75 Å². The molecule has 0 aliphatic carbocycles. The Balaban J connectivity index is 1.73. The van der Waals surface area contributed by atoms with Crippen LogP contribution < -0.4 is 20.7 Å². The molecule has 2 aromatic rings. The highest BCUT2D eigenvalue weighted by atomic mass is 16.5. The zero-order valence-electron chi connectivity index (χ0n) is 19.4. The second-order valence-electron chi connectivity index (χ2n) is 7.92. The van der Waals surface area contributed by atoms with Gasteiger partial charge in [-0.3, -0.25) is 9.59 Å². The van der Waals surface area contributed by atoms with Gasteiger partial charge in [-0.25, -0.2) is 0 Å². The Morgan fingerprint density at radius 2 is 1.41 bits per heavy atom. The fraction of sp³-hybridized carbons (Fsp3) is 0.462. The van der Waals surface area contributed by atoms with Gasteiger partial charge >= 0.3 is 0 Å². The van der Waals surface area contributed by atoms with Crippen LogP contribution in [-0.2, 0) is 9.59 Å². The average molecular weight is 440 g/mol. The first kappa shape index (κ1) is 25.2. The quantitative estimate of drug-likeness (QED) is 0.288. The van der Waals surface area contributed by atoms with Crippen molar-refractivity contribution < 1.29 is 14.3 Å². The molecule has 2 rings (SSSR count). The molecule has 0 spiro atoms. The first-order chi connectivity index (χ1) is 15.6. The Kier molecular flexibility index (Phi) is 11.7. The van der Waals surface area contributed by atoms with Crippen LogP contribution >= 0.6 is 0 Å². The summed E-state index contributed by atoms with van der Waals surface area (Å²) < 4.78 is 5.74. The minimum atomic E-state index is -0.160. The van der Waals surface area contributed by atoms with Crippen LogP contribution in [0.25, 0.3) is 0 Å². The summed E-state index contributed by atoms with van der Waals surface area (Å²) >= 11 is 0. The van der Waals surface area contributed by atoms with E-state index < -0.39 is 0 Å². The van der Waals surface area contributed by atoms with E-state index in [1.54, 1.807) is 12.1 Å². The van der Waals surface area contributed by atoms with E-state index in [1.165, 1.54) is 19.3 Å². The van der Waals surface area contributed by atoms with Crippen LogP contribution in [0, 0.1) is 0 Å². The van der Waals surface area contributed by atoms with E-state index >= 15 is 0 Å². The molecule has 0 fully saturated rings. The molecule has 3 N–H and O–H groups in total. The van der Waals surface area contributed by atoms with Crippen LogP contribution in [0.5, 0.6) is 5.75 Å². The van der Waals surface area contributed by atoms with Gasteiger partial charge in [0.1, 0.15) is 5.75 Å². The number of anilines is 3. The van der Waals surface area contributed by atoms with Gasteiger partial charge in [-0.15, -0.1) is 0 Å². The van der Waals surface area contributed by atoms with Crippen molar-refractivity contribution in [3.63, 3.8) is 0 Å². The van der Waals surface area contributed by atoms with E-state index in [4.69, 9.17) is 4.74 Å². The van der Waals surface area contributed by atoms with Crippen molar-refractivity contribution in [3.05, 3.63) is 48.5 Å². The summed E-state index contributed by atoms with van der Waals surface area (Å²) in [6.45, 7) is 5.18. The smallest absolute Gasteiger partial charge is 0.243 e. The maximum Gasteiger partial charge on any atom is 0.243 e. The Bertz CT molecular complexity index is 821. The van der Waals surface area contributed by atoms with Crippen LogP contribution in [0.1, 0.15) is 65.2 Å². The van der Waals surface area contributed by atoms with Crippen LogP contribution in [0.4, 0.5) is 17.1 Å². The molecule has 0 radical (unpaired) electrons. The molecule has 6 nitrogen and oxygen atoms in total. The average Bonchev–Trinajstić information content (AvgIpc) is 2.79. The molecule has 0 aliphatic heterocycles. The standard InChI is InChI=1S/C26H37N3O3/c1-3-5-7-9-18-32-24-16-14-21(15-17-24)27-20-26(31)29-23-12-10-11-22(19-23)28-25(30)13-8-6-4-2/h10-12,14-17,19,27H,3-9,13,18,20H2,1-2H3,(H,28,30)(H,29,31). The van der Waals surface area contributed by atoms with E-state index in [9.17, 15) is 9.59 Å². The summed E-state index contributed by atoms with van der Waals surface area (Å²) in [5, 5.41) is 8.85. The lowest BCUT2D eigenvalue weighted by Crippen LogP contribution is -2.21. The van der Waals surface area contributed by atoms with Crippen molar-refractivity contribution in [1.82, 2.24) is 0 Å². The monoisotopic (exact) mass is 439 g/mol. The van der Waals surface area contributed by atoms with Gasteiger partial charge in [0, 0.05) is 23.5 Å². The second-order valence-corrected chi connectivity index (χ2v) is 7.92. The number of ether oxygens (including phenoxy) is 1. The number of amides is 2. The number of benzene rings is 2. The second kappa shape index (κ2) is 14.9. The van der Waals surface area contributed by atoms with Crippen molar-refractivity contribution >= 4 is 28.9 Å². The van der Waals surface area contributed by atoms with E-state index in [0.29, 0.717) is 17.8 Å². The third kappa shape index (κ3) is 10.3. The van der Waals surface area contributed by atoms with E-state index in [-0.39, 0.29) is 18.4 Å². The van der Waals surface area contributed by atoms with Gasteiger partial charge in [-0.2, -0.15) is 0 Å². The van der Waals surface area contributed by atoms with Crippen LogP contribution in [0.15, 0.2) is 48.5 Å². The van der Waals surface area contributed by atoms with Gasteiger partial charge in [0.05, 0.1) is 13.2 Å². The number of rotatable bonds is 15. The highest BCUT2D eigenvalue weighted by Gasteiger charge is 2.06. The van der Waals surface area contributed by atoms with E-state index in [1.807, 2.05) is 36.4 Å². The lowest BCUT2D eigenvalue weighted by Gasteiger charge is -2.11. The molecule has 0 aliphatic rings. The summed E-state index contributed by atoms with van der Waals surface area (Å²) in [5.41, 5.74) is 2.18. The zero-order valence-corrected chi connectivity index (χ0v) is 19.4. The number of carbonyl (C=O) groups excluding carboxylic acids is 2. The first-order valence-corrected chi connectivity index (χ1v) is 11.8. The maximum atomic E-state index is 12.3. The molecule has 0 atom stereocenters. The molecule has 0 bridgehead atoms. The van der Waals surface area contributed by atoms with E-state index in [2.05, 4.69) is 29.8 Å². The van der Waals surface area contributed by atoms with E-state index in [0.717, 1.165) is 43.7 Å². The molecule has 2 aromatic carbocycles. The fourth-order valence-electron chi connectivity index (χ4n) is 3.21. The van der Waals surface area contributed by atoms with Gasteiger partial charge in [-0.05, 0) is 55.3 Å². The summed E-state index contributed by atoms with van der Waals surface area (Å²) in [7, 11) is 0. The summed E-state index contributed by atoms with van der Waals surface area (Å²) in [5.74, 6) is 0.676. The van der Waals surface area contributed by atoms with Crippen LogP contribution in [-0.4, -0.2) is 25.0 Å². The number of carbonyl (C=O) groups is 2. The van der Waals surface area contributed by atoms with Crippen LogP contribution in [0.3, 0.4) is 0 Å². The summed E-state index contributed by atoms with van der Waals surface area (Å²) in [6, 6.07) is 14.8. The SMILES string of the molecule is CCCCCCOc1ccc(NCC(=O)Nc2cccc(NC(=O)CCCCC)c2)cc1. The van der Waals surface area contributed by atoms with Gasteiger partial charge < -0.3 is 20.7 Å². The number of hydrogen-bond donors (Lipinski definition) is 3. The maximum absolute atomic E-state index is 12.3. The van der Waals surface area contributed by atoms with Gasteiger partial charge in [0.25, 0.3) is 0 Å². The molecule has 0 saturated carbocycles. The molecule has 2 amide bonds. The number of unbranched alkanes of at least 4 members (excludes halogenated alkanes) is 5. The zero-order chi connectivity index (χ0) is 23.0. The molecule has 0 heterocycles. The highest BCUT2D eigenvalue weighted by molar-refractivity contribution is 5.95. The van der Waals surface area contributed by atoms with Crippen LogP contribution in [0.2, 0.25) is 0 Å².